The molecule has 142 valence electrons. The number of amides is 1. The Labute approximate surface area is 152 Å². The Bertz CT molecular complexity index is 741. The van der Waals surface area contributed by atoms with Crippen molar-refractivity contribution in [1.29, 1.82) is 0 Å². The van der Waals surface area contributed by atoms with Crippen LogP contribution in [0.5, 0.6) is 5.75 Å². The van der Waals surface area contributed by atoms with Crippen molar-refractivity contribution in [2.75, 3.05) is 10.8 Å². The minimum Gasteiger partial charge on any atom is -0.426 e. The Hall–Kier alpha value is -2.29. The van der Waals surface area contributed by atoms with Gasteiger partial charge in [-0.2, -0.15) is 22.7 Å². The number of hydrogen-bond acceptors (Lipinski definition) is 3. The quantitative estimate of drug-likeness (QED) is 0.504. The van der Waals surface area contributed by atoms with Gasteiger partial charge in [0.25, 0.3) is 0 Å². The molecule has 1 aromatic heterocycles. The summed E-state index contributed by atoms with van der Waals surface area (Å²) in [4.78, 5) is 13.4. The van der Waals surface area contributed by atoms with Gasteiger partial charge in [0.05, 0.1) is 5.69 Å². The number of ether oxygens (including phenoxy) is 1. The average Bonchev–Trinajstić information content (AvgIpc) is 3.11. The Morgan fingerprint density at radius 3 is 2.65 bits per heavy atom. The van der Waals surface area contributed by atoms with Crippen molar-refractivity contribution in [2.24, 2.45) is 0 Å². The number of rotatable bonds is 8. The molecule has 0 bridgehead atoms. The third-order valence-corrected chi connectivity index (χ3v) is 3.72. The maximum Gasteiger partial charge on any atom is 0.461 e. The van der Waals surface area contributed by atoms with Crippen LogP contribution in [0.3, 0.4) is 0 Å². The number of aromatic nitrogens is 2. The number of halogens is 5. The lowest BCUT2D eigenvalue weighted by atomic mass is 10.1. The molecule has 0 N–H and O–H groups in total. The van der Waals surface area contributed by atoms with E-state index in [9.17, 15) is 22.4 Å². The molecule has 0 aliphatic carbocycles. The lowest BCUT2D eigenvalue weighted by Crippen LogP contribution is -2.37. The summed E-state index contributed by atoms with van der Waals surface area (Å²) >= 11 is 5.64. The van der Waals surface area contributed by atoms with E-state index in [0.717, 1.165) is 11.0 Å². The molecule has 0 aliphatic rings. The molecule has 0 spiro atoms. The SMILES string of the molecule is CCc1cccc(OC(F)(F)C(F)F)c1N(Cn1cccn1)C(=O)CCl. The minimum absolute atomic E-state index is 0.0449. The Balaban J connectivity index is 2.53. The molecule has 0 saturated heterocycles. The van der Waals surface area contributed by atoms with E-state index in [4.69, 9.17) is 11.6 Å². The zero-order chi connectivity index (χ0) is 19.3. The zero-order valence-electron chi connectivity index (χ0n) is 13.7. The van der Waals surface area contributed by atoms with Crippen LogP contribution in [0, 0.1) is 0 Å². The number of para-hydroxylation sites is 1. The summed E-state index contributed by atoms with van der Waals surface area (Å²) in [7, 11) is 0. The van der Waals surface area contributed by atoms with Crippen LogP contribution in [-0.2, 0) is 17.9 Å². The van der Waals surface area contributed by atoms with Crippen LogP contribution in [0.1, 0.15) is 12.5 Å². The Morgan fingerprint density at radius 1 is 1.38 bits per heavy atom. The maximum atomic E-state index is 13.5. The van der Waals surface area contributed by atoms with Crippen molar-refractivity contribution in [2.45, 2.75) is 32.5 Å². The van der Waals surface area contributed by atoms with E-state index in [-0.39, 0.29) is 12.4 Å². The fourth-order valence-corrected chi connectivity index (χ4v) is 2.45. The molecule has 0 unspecified atom stereocenters. The van der Waals surface area contributed by atoms with E-state index in [0.29, 0.717) is 12.0 Å². The molecule has 1 aromatic carbocycles. The van der Waals surface area contributed by atoms with Gasteiger partial charge in [-0.3, -0.25) is 14.4 Å². The molecule has 26 heavy (non-hydrogen) atoms. The van der Waals surface area contributed by atoms with Crippen LogP contribution in [0.25, 0.3) is 0 Å². The molecule has 2 aromatic rings. The normalized spacial score (nSPS) is 11.7. The number of carbonyl (C=O) groups excluding carboxylic acids is 1. The van der Waals surface area contributed by atoms with Crippen LogP contribution >= 0.6 is 11.6 Å². The van der Waals surface area contributed by atoms with Crippen molar-refractivity contribution < 1.29 is 27.1 Å². The van der Waals surface area contributed by atoms with Gasteiger partial charge >= 0.3 is 12.5 Å². The van der Waals surface area contributed by atoms with E-state index in [1.165, 1.54) is 16.9 Å². The predicted octanol–water partition coefficient (Wildman–Crippen LogP) is 3.91. The van der Waals surface area contributed by atoms with E-state index >= 15 is 0 Å². The van der Waals surface area contributed by atoms with E-state index in [1.807, 2.05) is 0 Å². The van der Waals surface area contributed by atoms with E-state index in [2.05, 4.69) is 9.84 Å². The molecule has 1 heterocycles. The third-order valence-electron chi connectivity index (χ3n) is 3.49. The number of alkyl halides is 5. The molecule has 1 amide bonds. The third kappa shape index (κ3) is 4.46. The zero-order valence-corrected chi connectivity index (χ0v) is 14.5. The number of benzene rings is 1. The summed E-state index contributed by atoms with van der Waals surface area (Å²) in [5.74, 6) is -1.60. The summed E-state index contributed by atoms with van der Waals surface area (Å²) in [5.41, 5.74) is 0.412. The van der Waals surface area contributed by atoms with Crippen molar-refractivity contribution in [3.63, 3.8) is 0 Å². The van der Waals surface area contributed by atoms with Crippen molar-refractivity contribution in [1.82, 2.24) is 9.78 Å². The minimum atomic E-state index is -4.71. The van der Waals surface area contributed by atoms with Gasteiger partial charge in [-0.15, -0.1) is 11.6 Å². The fourth-order valence-electron chi connectivity index (χ4n) is 2.31. The first-order chi connectivity index (χ1) is 12.3. The molecular formula is C16H16ClF4N3O2. The number of anilines is 1. The molecule has 2 rings (SSSR count). The van der Waals surface area contributed by atoms with E-state index in [1.54, 1.807) is 25.3 Å². The van der Waals surface area contributed by atoms with Gasteiger partial charge in [0.15, 0.2) is 5.75 Å². The monoisotopic (exact) mass is 393 g/mol. The summed E-state index contributed by atoms with van der Waals surface area (Å²) in [6.45, 7) is 1.58. The smallest absolute Gasteiger partial charge is 0.426 e. The number of carbonyl (C=O) groups is 1. The Kier molecular flexibility index (Phi) is 6.47. The Morgan fingerprint density at radius 2 is 2.12 bits per heavy atom. The van der Waals surface area contributed by atoms with Gasteiger partial charge in [-0.25, -0.2) is 0 Å². The first-order valence-corrected chi connectivity index (χ1v) is 8.14. The molecule has 0 aliphatic heterocycles. The molecule has 10 heteroatoms. The van der Waals surface area contributed by atoms with Crippen LogP contribution in [-0.4, -0.2) is 34.1 Å². The summed E-state index contributed by atoms with van der Waals surface area (Å²) in [5, 5.41) is 3.96. The second-order valence-electron chi connectivity index (χ2n) is 5.22. The lowest BCUT2D eigenvalue weighted by Gasteiger charge is -2.28. The summed E-state index contributed by atoms with van der Waals surface area (Å²) < 4.78 is 57.7. The second-order valence-corrected chi connectivity index (χ2v) is 5.49. The largest absolute Gasteiger partial charge is 0.461 e. The number of nitrogens with zero attached hydrogens (tertiary/aromatic N) is 3. The van der Waals surface area contributed by atoms with Gasteiger partial charge in [0, 0.05) is 12.4 Å². The van der Waals surface area contributed by atoms with E-state index < -0.39 is 30.1 Å². The van der Waals surface area contributed by atoms with Crippen molar-refractivity contribution in [3.05, 3.63) is 42.2 Å². The van der Waals surface area contributed by atoms with Crippen LogP contribution in [0.4, 0.5) is 23.2 Å². The predicted molar refractivity (Wildman–Crippen MR) is 87.8 cm³/mol. The molecule has 5 nitrogen and oxygen atoms in total. The van der Waals surface area contributed by atoms with Gasteiger partial charge in [0.1, 0.15) is 12.5 Å². The second kappa shape index (κ2) is 8.39. The van der Waals surface area contributed by atoms with Gasteiger partial charge in [-0.05, 0) is 24.1 Å². The van der Waals surface area contributed by atoms with Crippen LogP contribution < -0.4 is 9.64 Å². The highest BCUT2D eigenvalue weighted by molar-refractivity contribution is 6.29. The van der Waals surface area contributed by atoms with Crippen molar-refractivity contribution >= 4 is 23.2 Å². The first kappa shape index (κ1) is 20.0. The molecule has 0 saturated carbocycles. The van der Waals surface area contributed by atoms with Gasteiger partial charge < -0.3 is 4.74 Å². The molecule has 0 radical (unpaired) electrons. The standard InChI is InChI=1S/C16H16ClF4N3O2/c1-2-11-5-3-6-12(26-16(20,21)15(18)19)14(11)24(13(25)9-17)10-23-8-4-7-22-23/h3-8,15H,2,9-10H2,1H3. The highest BCUT2D eigenvalue weighted by Gasteiger charge is 2.45. The fraction of sp³-hybridized carbons (Fsp3) is 0.375. The van der Waals surface area contributed by atoms with Gasteiger partial charge in [-0.1, -0.05) is 19.1 Å². The maximum absolute atomic E-state index is 13.5. The topological polar surface area (TPSA) is 47.4 Å². The summed E-state index contributed by atoms with van der Waals surface area (Å²) in [6, 6.07) is 5.68. The summed E-state index contributed by atoms with van der Waals surface area (Å²) in [6.07, 6.45) is -5.36. The first-order valence-electron chi connectivity index (χ1n) is 7.60. The highest BCUT2D eigenvalue weighted by Crippen LogP contribution is 2.38. The van der Waals surface area contributed by atoms with Gasteiger partial charge in [0.2, 0.25) is 5.91 Å². The average molecular weight is 394 g/mol. The lowest BCUT2D eigenvalue weighted by molar-refractivity contribution is -0.253. The number of hydrogen-bond donors (Lipinski definition) is 0. The molecular weight excluding hydrogens is 378 g/mol. The van der Waals surface area contributed by atoms with Crippen LogP contribution in [0.15, 0.2) is 36.7 Å². The highest BCUT2D eigenvalue weighted by atomic mass is 35.5. The van der Waals surface area contributed by atoms with Crippen molar-refractivity contribution in [3.8, 4) is 5.75 Å². The van der Waals surface area contributed by atoms with Crippen LogP contribution in [0.2, 0.25) is 0 Å². The molecule has 0 atom stereocenters. The number of aryl methyl sites for hydroxylation is 1. The molecule has 0 fully saturated rings.